The van der Waals surface area contributed by atoms with E-state index in [4.69, 9.17) is 5.73 Å². The topological polar surface area (TPSA) is 38.9 Å². The fourth-order valence-corrected chi connectivity index (χ4v) is 2.52. The SMILES string of the molecule is CCc1nc2cc(CCCN)ccc2s1. The van der Waals surface area contributed by atoms with E-state index in [2.05, 4.69) is 30.1 Å². The molecule has 1 aromatic heterocycles. The first-order chi connectivity index (χ1) is 7.33. The Kier molecular flexibility index (Phi) is 3.34. The smallest absolute Gasteiger partial charge is 0.0935 e. The Morgan fingerprint density at radius 2 is 2.27 bits per heavy atom. The van der Waals surface area contributed by atoms with Gasteiger partial charge < -0.3 is 5.73 Å². The van der Waals surface area contributed by atoms with E-state index >= 15 is 0 Å². The second-order valence-electron chi connectivity index (χ2n) is 3.66. The maximum Gasteiger partial charge on any atom is 0.0935 e. The molecule has 2 nitrogen and oxygen atoms in total. The van der Waals surface area contributed by atoms with Gasteiger partial charge in [0, 0.05) is 0 Å². The zero-order valence-electron chi connectivity index (χ0n) is 8.99. The van der Waals surface area contributed by atoms with Crippen LogP contribution in [0.3, 0.4) is 0 Å². The van der Waals surface area contributed by atoms with Gasteiger partial charge in [-0.2, -0.15) is 0 Å². The standard InChI is InChI=1S/C12H16N2S/c1-2-12-14-10-8-9(4-3-7-13)5-6-11(10)15-12/h5-6,8H,2-4,7,13H2,1H3. The van der Waals surface area contributed by atoms with Crippen molar-refractivity contribution in [1.29, 1.82) is 0 Å². The number of fused-ring (bicyclic) bond motifs is 1. The molecule has 0 unspecified atom stereocenters. The van der Waals surface area contributed by atoms with Crippen LogP contribution >= 0.6 is 11.3 Å². The minimum absolute atomic E-state index is 0.759. The van der Waals surface area contributed by atoms with E-state index in [1.165, 1.54) is 15.3 Å². The van der Waals surface area contributed by atoms with Crippen molar-refractivity contribution < 1.29 is 0 Å². The number of nitrogens with two attached hydrogens (primary N) is 1. The molecular formula is C12H16N2S. The van der Waals surface area contributed by atoms with Crippen LogP contribution in [0.5, 0.6) is 0 Å². The molecule has 0 spiro atoms. The van der Waals surface area contributed by atoms with E-state index in [-0.39, 0.29) is 0 Å². The summed E-state index contributed by atoms with van der Waals surface area (Å²) in [4.78, 5) is 4.59. The Morgan fingerprint density at radius 1 is 1.40 bits per heavy atom. The monoisotopic (exact) mass is 220 g/mol. The number of hydrogen-bond acceptors (Lipinski definition) is 3. The largest absolute Gasteiger partial charge is 0.330 e. The molecule has 0 aliphatic rings. The number of thiazole rings is 1. The first-order valence-electron chi connectivity index (χ1n) is 5.42. The van der Waals surface area contributed by atoms with Crippen LogP contribution in [0, 0.1) is 0 Å². The molecule has 15 heavy (non-hydrogen) atoms. The van der Waals surface area contributed by atoms with E-state index in [0.717, 1.165) is 31.3 Å². The van der Waals surface area contributed by atoms with Crippen LogP contribution in [-0.4, -0.2) is 11.5 Å². The maximum atomic E-state index is 5.50. The van der Waals surface area contributed by atoms with E-state index < -0.39 is 0 Å². The van der Waals surface area contributed by atoms with Crippen molar-refractivity contribution in [3.05, 3.63) is 28.8 Å². The lowest BCUT2D eigenvalue weighted by Crippen LogP contribution is -2.00. The van der Waals surface area contributed by atoms with Gasteiger partial charge in [0.05, 0.1) is 15.2 Å². The molecule has 3 heteroatoms. The van der Waals surface area contributed by atoms with Gasteiger partial charge in [-0.05, 0) is 43.5 Å². The van der Waals surface area contributed by atoms with Gasteiger partial charge in [0.25, 0.3) is 0 Å². The molecule has 0 aliphatic carbocycles. The number of aromatic nitrogens is 1. The average Bonchev–Trinajstić information content (AvgIpc) is 2.68. The first-order valence-corrected chi connectivity index (χ1v) is 6.23. The number of nitrogens with zero attached hydrogens (tertiary/aromatic N) is 1. The van der Waals surface area contributed by atoms with Crippen molar-refractivity contribution >= 4 is 21.6 Å². The van der Waals surface area contributed by atoms with Crippen LogP contribution in [-0.2, 0) is 12.8 Å². The molecule has 0 saturated heterocycles. The summed E-state index contributed by atoms with van der Waals surface area (Å²) >= 11 is 1.79. The summed E-state index contributed by atoms with van der Waals surface area (Å²) in [5.41, 5.74) is 7.99. The molecule has 0 bridgehead atoms. The molecular weight excluding hydrogens is 204 g/mol. The summed E-state index contributed by atoms with van der Waals surface area (Å²) < 4.78 is 1.29. The van der Waals surface area contributed by atoms with Crippen LogP contribution in [0.4, 0.5) is 0 Å². The lowest BCUT2D eigenvalue weighted by Gasteiger charge is -1.98. The van der Waals surface area contributed by atoms with E-state index in [1.807, 2.05) is 0 Å². The zero-order chi connectivity index (χ0) is 10.7. The van der Waals surface area contributed by atoms with Gasteiger partial charge in [0.2, 0.25) is 0 Å². The zero-order valence-corrected chi connectivity index (χ0v) is 9.81. The summed E-state index contributed by atoms with van der Waals surface area (Å²) in [6.45, 7) is 2.91. The maximum absolute atomic E-state index is 5.50. The predicted octanol–water partition coefficient (Wildman–Crippen LogP) is 2.75. The lowest BCUT2D eigenvalue weighted by molar-refractivity contribution is 0.833. The quantitative estimate of drug-likeness (QED) is 0.860. The molecule has 0 saturated carbocycles. The van der Waals surface area contributed by atoms with Gasteiger partial charge in [0.15, 0.2) is 0 Å². The Morgan fingerprint density at radius 3 is 3.00 bits per heavy atom. The predicted molar refractivity (Wildman–Crippen MR) is 66.4 cm³/mol. The Hall–Kier alpha value is -0.930. The molecule has 1 heterocycles. The van der Waals surface area contributed by atoms with Gasteiger partial charge in [-0.15, -0.1) is 11.3 Å². The van der Waals surface area contributed by atoms with E-state index in [9.17, 15) is 0 Å². The highest BCUT2D eigenvalue weighted by Gasteiger charge is 2.02. The second kappa shape index (κ2) is 4.73. The van der Waals surface area contributed by atoms with Crippen molar-refractivity contribution in [1.82, 2.24) is 4.98 Å². The molecule has 1 aromatic carbocycles. The summed E-state index contributed by atoms with van der Waals surface area (Å²) in [5, 5.41) is 1.22. The molecule has 0 fully saturated rings. The van der Waals surface area contributed by atoms with Crippen molar-refractivity contribution in [2.75, 3.05) is 6.54 Å². The first kappa shape index (κ1) is 10.6. The molecule has 0 atom stereocenters. The third kappa shape index (κ3) is 2.36. The summed E-state index contributed by atoms with van der Waals surface area (Å²) in [5.74, 6) is 0. The van der Waals surface area contributed by atoms with Gasteiger partial charge >= 0.3 is 0 Å². The van der Waals surface area contributed by atoms with E-state index in [0.29, 0.717) is 0 Å². The Labute approximate surface area is 94.1 Å². The summed E-state index contributed by atoms with van der Waals surface area (Å²) in [6, 6.07) is 6.56. The number of aryl methyl sites for hydroxylation is 2. The highest BCUT2D eigenvalue weighted by Crippen LogP contribution is 2.23. The normalized spacial score (nSPS) is 11.1. The number of hydrogen-bond donors (Lipinski definition) is 1. The van der Waals surface area contributed by atoms with Crippen molar-refractivity contribution in [2.24, 2.45) is 5.73 Å². The van der Waals surface area contributed by atoms with Crippen molar-refractivity contribution in [2.45, 2.75) is 26.2 Å². The Bertz CT molecular complexity index is 448. The third-order valence-electron chi connectivity index (χ3n) is 2.47. The fraction of sp³-hybridized carbons (Fsp3) is 0.417. The van der Waals surface area contributed by atoms with Gasteiger partial charge in [-0.1, -0.05) is 13.0 Å². The van der Waals surface area contributed by atoms with Crippen LogP contribution in [0.1, 0.15) is 23.9 Å². The molecule has 0 aliphatic heterocycles. The van der Waals surface area contributed by atoms with Gasteiger partial charge in [-0.25, -0.2) is 4.98 Å². The average molecular weight is 220 g/mol. The Balaban J connectivity index is 2.29. The fourth-order valence-electron chi connectivity index (χ4n) is 1.63. The van der Waals surface area contributed by atoms with Crippen molar-refractivity contribution in [3.8, 4) is 0 Å². The molecule has 2 rings (SSSR count). The number of benzene rings is 1. The number of rotatable bonds is 4. The van der Waals surface area contributed by atoms with Crippen LogP contribution < -0.4 is 5.73 Å². The molecule has 0 radical (unpaired) electrons. The molecule has 80 valence electrons. The van der Waals surface area contributed by atoms with Gasteiger partial charge in [-0.3, -0.25) is 0 Å². The lowest BCUT2D eigenvalue weighted by atomic mass is 10.1. The molecule has 2 N–H and O–H groups in total. The van der Waals surface area contributed by atoms with Crippen LogP contribution in [0.15, 0.2) is 18.2 Å². The van der Waals surface area contributed by atoms with E-state index in [1.54, 1.807) is 11.3 Å². The minimum Gasteiger partial charge on any atom is -0.330 e. The second-order valence-corrected chi connectivity index (χ2v) is 4.77. The minimum atomic E-state index is 0.759. The molecule has 2 aromatic rings. The summed E-state index contributed by atoms with van der Waals surface area (Å²) in [6.07, 6.45) is 3.14. The molecule has 0 amide bonds. The van der Waals surface area contributed by atoms with Crippen molar-refractivity contribution in [3.63, 3.8) is 0 Å². The summed E-state index contributed by atoms with van der Waals surface area (Å²) in [7, 11) is 0. The highest BCUT2D eigenvalue weighted by atomic mass is 32.1. The van der Waals surface area contributed by atoms with Gasteiger partial charge in [0.1, 0.15) is 0 Å². The van der Waals surface area contributed by atoms with Crippen LogP contribution in [0.25, 0.3) is 10.2 Å². The van der Waals surface area contributed by atoms with Crippen LogP contribution in [0.2, 0.25) is 0 Å². The highest BCUT2D eigenvalue weighted by molar-refractivity contribution is 7.18. The third-order valence-corrected chi connectivity index (χ3v) is 3.65.